The number of nitrogens with one attached hydrogen (secondary N) is 1. The van der Waals surface area contributed by atoms with Gasteiger partial charge in [-0.15, -0.1) is 0 Å². The van der Waals surface area contributed by atoms with Gasteiger partial charge >= 0.3 is 0 Å². The van der Waals surface area contributed by atoms with Gasteiger partial charge in [-0.05, 0) is 37.1 Å². The third-order valence-corrected chi connectivity index (χ3v) is 3.18. The summed E-state index contributed by atoms with van der Waals surface area (Å²) in [6.45, 7) is 2.67. The third-order valence-electron chi connectivity index (χ3n) is 3.18. The van der Waals surface area contributed by atoms with Gasteiger partial charge in [0.1, 0.15) is 5.75 Å². The van der Waals surface area contributed by atoms with Crippen LogP contribution in [-0.2, 0) is 6.42 Å². The van der Waals surface area contributed by atoms with Crippen LogP contribution in [0.1, 0.15) is 11.1 Å². The van der Waals surface area contributed by atoms with Gasteiger partial charge in [-0.3, -0.25) is 4.99 Å². The second-order valence-electron chi connectivity index (χ2n) is 4.82. The molecule has 0 aliphatic carbocycles. The Bertz CT molecular complexity index is 606. The van der Waals surface area contributed by atoms with E-state index in [1.165, 1.54) is 5.56 Å². The Labute approximate surface area is 125 Å². The zero-order chi connectivity index (χ0) is 15.1. The third kappa shape index (κ3) is 4.53. The zero-order valence-corrected chi connectivity index (χ0v) is 12.5. The number of guanidine groups is 1. The first-order chi connectivity index (χ1) is 10.2. The maximum atomic E-state index is 5.89. The Morgan fingerprint density at radius 3 is 2.57 bits per heavy atom. The average Bonchev–Trinajstić information content (AvgIpc) is 2.50. The lowest BCUT2D eigenvalue weighted by atomic mass is 10.1. The number of aryl methyl sites for hydroxylation is 1. The van der Waals surface area contributed by atoms with Crippen molar-refractivity contribution < 1.29 is 4.74 Å². The van der Waals surface area contributed by atoms with E-state index in [0.717, 1.165) is 23.4 Å². The minimum atomic E-state index is 0.425. The van der Waals surface area contributed by atoms with Crippen molar-refractivity contribution in [1.82, 2.24) is 0 Å². The molecule has 0 aromatic heterocycles. The van der Waals surface area contributed by atoms with E-state index in [-0.39, 0.29) is 0 Å². The maximum absolute atomic E-state index is 5.89. The minimum Gasteiger partial charge on any atom is -0.496 e. The first-order valence-corrected chi connectivity index (χ1v) is 6.94. The molecule has 110 valence electrons. The van der Waals surface area contributed by atoms with Crippen molar-refractivity contribution in [3.05, 3.63) is 59.7 Å². The summed E-state index contributed by atoms with van der Waals surface area (Å²) < 4.78 is 5.31. The number of hydrogen-bond acceptors (Lipinski definition) is 2. The number of nitrogens with two attached hydrogens (primary N) is 1. The second-order valence-corrected chi connectivity index (χ2v) is 4.82. The highest BCUT2D eigenvalue weighted by atomic mass is 16.5. The van der Waals surface area contributed by atoms with Crippen LogP contribution in [0.3, 0.4) is 0 Å². The smallest absolute Gasteiger partial charge is 0.193 e. The molecule has 21 heavy (non-hydrogen) atoms. The van der Waals surface area contributed by atoms with E-state index in [2.05, 4.69) is 17.2 Å². The molecule has 0 radical (unpaired) electrons. The van der Waals surface area contributed by atoms with Crippen molar-refractivity contribution in [1.29, 1.82) is 0 Å². The highest BCUT2D eigenvalue weighted by Gasteiger charge is 2.01. The SMILES string of the molecule is COc1ccccc1CCN=C(N)Nc1ccc(C)cc1. The largest absolute Gasteiger partial charge is 0.496 e. The molecular formula is C17H21N3O. The van der Waals surface area contributed by atoms with Crippen LogP contribution in [0.5, 0.6) is 5.75 Å². The Hall–Kier alpha value is -2.49. The quantitative estimate of drug-likeness (QED) is 0.655. The fourth-order valence-electron chi connectivity index (χ4n) is 2.03. The Balaban J connectivity index is 1.90. The summed E-state index contributed by atoms with van der Waals surface area (Å²) in [4.78, 5) is 4.34. The van der Waals surface area contributed by atoms with Crippen molar-refractivity contribution >= 4 is 11.6 Å². The van der Waals surface area contributed by atoms with Gasteiger partial charge in [0.15, 0.2) is 5.96 Å². The lowest BCUT2D eigenvalue weighted by molar-refractivity contribution is 0.410. The van der Waals surface area contributed by atoms with Crippen LogP contribution in [0.2, 0.25) is 0 Å². The predicted octanol–water partition coefficient (Wildman–Crippen LogP) is 2.97. The van der Waals surface area contributed by atoms with E-state index >= 15 is 0 Å². The summed E-state index contributed by atoms with van der Waals surface area (Å²) in [6.07, 6.45) is 0.792. The molecule has 0 amide bonds. The van der Waals surface area contributed by atoms with Crippen molar-refractivity contribution in [3.8, 4) is 5.75 Å². The molecule has 2 rings (SSSR count). The topological polar surface area (TPSA) is 59.6 Å². The second kappa shape index (κ2) is 7.33. The number of benzene rings is 2. The van der Waals surface area contributed by atoms with E-state index in [1.54, 1.807) is 7.11 Å². The van der Waals surface area contributed by atoms with Gasteiger partial charge in [-0.2, -0.15) is 0 Å². The molecule has 0 fully saturated rings. The first-order valence-electron chi connectivity index (χ1n) is 6.94. The van der Waals surface area contributed by atoms with Gasteiger partial charge in [0.2, 0.25) is 0 Å². The fourth-order valence-corrected chi connectivity index (χ4v) is 2.03. The van der Waals surface area contributed by atoms with Gasteiger partial charge in [-0.25, -0.2) is 0 Å². The summed E-state index contributed by atoms with van der Waals surface area (Å²) in [6, 6.07) is 16.0. The van der Waals surface area contributed by atoms with Gasteiger partial charge in [0.25, 0.3) is 0 Å². The number of aliphatic imine (C=N–C) groups is 1. The summed E-state index contributed by atoms with van der Waals surface area (Å²) in [7, 11) is 1.68. The lowest BCUT2D eigenvalue weighted by Gasteiger charge is -2.08. The number of ether oxygens (including phenoxy) is 1. The monoisotopic (exact) mass is 283 g/mol. The van der Waals surface area contributed by atoms with Crippen molar-refractivity contribution in [2.45, 2.75) is 13.3 Å². The van der Waals surface area contributed by atoms with Gasteiger partial charge in [-0.1, -0.05) is 35.9 Å². The number of anilines is 1. The average molecular weight is 283 g/mol. The Kier molecular flexibility index (Phi) is 5.21. The highest BCUT2D eigenvalue weighted by Crippen LogP contribution is 2.17. The van der Waals surface area contributed by atoms with Crippen molar-refractivity contribution in [3.63, 3.8) is 0 Å². The molecule has 3 N–H and O–H groups in total. The molecule has 4 nitrogen and oxygen atoms in total. The van der Waals surface area contributed by atoms with Crippen LogP contribution in [-0.4, -0.2) is 19.6 Å². The summed E-state index contributed by atoms with van der Waals surface area (Å²) in [5.74, 6) is 1.31. The van der Waals surface area contributed by atoms with Crippen molar-refractivity contribution in [2.75, 3.05) is 19.0 Å². The van der Waals surface area contributed by atoms with E-state index < -0.39 is 0 Å². The molecule has 0 aliphatic heterocycles. The number of nitrogens with zero attached hydrogens (tertiary/aromatic N) is 1. The zero-order valence-electron chi connectivity index (χ0n) is 12.5. The molecule has 4 heteroatoms. The summed E-state index contributed by atoms with van der Waals surface area (Å²) in [5, 5.41) is 3.08. The molecule has 0 aliphatic rings. The number of para-hydroxylation sites is 1. The Morgan fingerprint density at radius 1 is 1.14 bits per heavy atom. The molecule has 2 aromatic carbocycles. The molecule has 0 spiro atoms. The van der Waals surface area contributed by atoms with Gasteiger partial charge in [0, 0.05) is 12.2 Å². The highest BCUT2D eigenvalue weighted by molar-refractivity contribution is 5.92. The minimum absolute atomic E-state index is 0.425. The van der Waals surface area contributed by atoms with Crippen LogP contribution >= 0.6 is 0 Å². The standard InChI is InChI=1S/C17H21N3O/c1-13-7-9-15(10-8-13)20-17(18)19-12-11-14-5-3-4-6-16(14)21-2/h3-10H,11-12H2,1-2H3,(H3,18,19,20). The van der Waals surface area contributed by atoms with E-state index in [4.69, 9.17) is 10.5 Å². The normalized spacial score (nSPS) is 11.2. The molecule has 0 unspecified atom stereocenters. The van der Waals surface area contributed by atoms with Crippen LogP contribution in [0.4, 0.5) is 5.69 Å². The van der Waals surface area contributed by atoms with E-state index in [9.17, 15) is 0 Å². The van der Waals surface area contributed by atoms with Crippen LogP contribution < -0.4 is 15.8 Å². The summed E-state index contributed by atoms with van der Waals surface area (Å²) >= 11 is 0. The molecule has 2 aromatic rings. The summed E-state index contributed by atoms with van der Waals surface area (Å²) in [5.41, 5.74) is 9.18. The Morgan fingerprint density at radius 2 is 1.86 bits per heavy atom. The van der Waals surface area contributed by atoms with Crippen LogP contribution in [0.15, 0.2) is 53.5 Å². The van der Waals surface area contributed by atoms with Crippen molar-refractivity contribution in [2.24, 2.45) is 10.7 Å². The molecule has 0 saturated carbocycles. The van der Waals surface area contributed by atoms with E-state index in [1.807, 2.05) is 48.5 Å². The van der Waals surface area contributed by atoms with Gasteiger partial charge in [0.05, 0.1) is 7.11 Å². The number of rotatable bonds is 5. The number of methoxy groups -OCH3 is 1. The first kappa shape index (κ1) is 14.9. The van der Waals surface area contributed by atoms with Crippen LogP contribution in [0.25, 0.3) is 0 Å². The molecule has 0 bridgehead atoms. The molecule has 0 heterocycles. The molecule has 0 atom stereocenters. The fraction of sp³-hybridized carbons (Fsp3) is 0.235. The van der Waals surface area contributed by atoms with Crippen LogP contribution in [0, 0.1) is 6.92 Å². The lowest BCUT2D eigenvalue weighted by Crippen LogP contribution is -2.23. The van der Waals surface area contributed by atoms with Gasteiger partial charge < -0.3 is 15.8 Å². The van der Waals surface area contributed by atoms with E-state index in [0.29, 0.717) is 12.5 Å². The maximum Gasteiger partial charge on any atom is 0.193 e. The molecule has 0 saturated heterocycles. The molecular weight excluding hydrogens is 262 g/mol. The predicted molar refractivity (Wildman–Crippen MR) is 88.0 cm³/mol. The number of hydrogen-bond donors (Lipinski definition) is 2.